The number of halogens is 1. The van der Waals surface area contributed by atoms with Crippen molar-refractivity contribution < 1.29 is 13.9 Å². The molecule has 0 unspecified atom stereocenters. The Bertz CT molecular complexity index is 1200. The maximum Gasteiger partial charge on any atom is 0.271 e. The second-order valence-corrected chi connectivity index (χ2v) is 8.69. The fourth-order valence-corrected chi connectivity index (χ4v) is 4.26. The van der Waals surface area contributed by atoms with E-state index in [0.717, 1.165) is 27.6 Å². The molecule has 6 nitrogen and oxygen atoms in total. The quantitative estimate of drug-likeness (QED) is 0.356. The maximum atomic E-state index is 13.4. The lowest BCUT2D eigenvalue weighted by molar-refractivity contribution is 0.0945. The molecule has 0 aliphatic heterocycles. The fraction of sp³-hybridized carbons (Fsp3) is 0.192. The van der Waals surface area contributed by atoms with Crippen LogP contribution in [0.15, 0.2) is 78.3 Å². The van der Waals surface area contributed by atoms with Crippen LogP contribution in [-0.4, -0.2) is 27.9 Å². The summed E-state index contributed by atoms with van der Waals surface area (Å²) in [6.45, 7) is 2.19. The predicted molar refractivity (Wildman–Crippen MR) is 130 cm³/mol. The first kappa shape index (κ1) is 23.5. The van der Waals surface area contributed by atoms with Gasteiger partial charge in [0.05, 0.1) is 25.9 Å². The molecule has 0 saturated carbocycles. The number of nitrogens with zero attached hydrogens (tertiary/aromatic N) is 3. The molecule has 2 aromatic carbocycles. The van der Waals surface area contributed by atoms with Crippen molar-refractivity contribution in [2.24, 2.45) is 0 Å². The molecule has 0 radical (unpaired) electrons. The van der Waals surface area contributed by atoms with Gasteiger partial charge in [-0.25, -0.2) is 9.37 Å². The average Bonchev–Trinajstić information content (AvgIpc) is 3.33. The SMILES string of the molecule is COc1ccc(CN(Cc2ccc(F)cc2)Cc2nc(C(=O)NCc3ccccn3)cs2)cc1. The van der Waals surface area contributed by atoms with Crippen molar-refractivity contribution in [1.29, 1.82) is 0 Å². The molecule has 8 heteroatoms. The van der Waals surface area contributed by atoms with Gasteiger partial charge in [0.15, 0.2) is 0 Å². The van der Waals surface area contributed by atoms with E-state index in [1.54, 1.807) is 30.8 Å². The van der Waals surface area contributed by atoms with Crippen LogP contribution in [0.25, 0.3) is 0 Å². The van der Waals surface area contributed by atoms with Crippen LogP contribution in [0.4, 0.5) is 4.39 Å². The Labute approximate surface area is 202 Å². The van der Waals surface area contributed by atoms with Gasteiger partial charge in [0.2, 0.25) is 0 Å². The van der Waals surface area contributed by atoms with E-state index in [-0.39, 0.29) is 11.7 Å². The van der Waals surface area contributed by atoms with Crippen LogP contribution in [-0.2, 0) is 26.2 Å². The Morgan fingerprint density at radius 3 is 2.35 bits per heavy atom. The van der Waals surface area contributed by atoms with E-state index in [0.29, 0.717) is 31.9 Å². The summed E-state index contributed by atoms with van der Waals surface area (Å²) in [5, 5.41) is 5.46. The molecule has 174 valence electrons. The number of hydrogen-bond acceptors (Lipinski definition) is 6. The molecule has 0 saturated heterocycles. The Balaban J connectivity index is 1.43. The van der Waals surface area contributed by atoms with Crippen molar-refractivity contribution in [1.82, 2.24) is 20.2 Å². The fourth-order valence-electron chi connectivity index (χ4n) is 3.45. The summed E-state index contributed by atoms with van der Waals surface area (Å²) in [6.07, 6.45) is 1.70. The summed E-state index contributed by atoms with van der Waals surface area (Å²) < 4.78 is 18.6. The summed E-state index contributed by atoms with van der Waals surface area (Å²) in [5.74, 6) is 0.315. The number of carbonyl (C=O) groups excluding carboxylic acids is 1. The lowest BCUT2D eigenvalue weighted by Gasteiger charge is -2.21. The first-order valence-corrected chi connectivity index (χ1v) is 11.7. The van der Waals surface area contributed by atoms with E-state index in [2.05, 4.69) is 20.2 Å². The number of thiazole rings is 1. The van der Waals surface area contributed by atoms with Gasteiger partial charge in [-0.05, 0) is 47.5 Å². The summed E-state index contributed by atoms with van der Waals surface area (Å²) in [7, 11) is 1.64. The van der Waals surface area contributed by atoms with Gasteiger partial charge in [0.25, 0.3) is 5.91 Å². The van der Waals surface area contributed by atoms with Crippen molar-refractivity contribution in [3.05, 3.63) is 112 Å². The van der Waals surface area contributed by atoms with Gasteiger partial charge in [-0.1, -0.05) is 30.3 Å². The number of rotatable bonds is 10. The minimum Gasteiger partial charge on any atom is -0.497 e. The van der Waals surface area contributed by atoms with Gasteiger partial charge in [0, 0.05) is 24.7 Å². The van der Waals surface area contributed by atoms with Crippen molar-refractivity contribution >= 4 is 17.2 Å². The summed E-state index contributed by atoms with van der Waals surface area (Å²) >= 11 is 1.45. The van der Waals surface area contributed by atoms with Gasteiger partial charge in [-0.3, -0.25) is 14.7 Å². The summed E-state index contributed by atoms with van der Waals surface area (Å²) in [5.41, 5.74) is 3.30. The number of aromatic nitrogens is 2. The molecular formula is C26H25FN4O2S. The minimum absolute atomic E-state index is 0.228. The number of methoxy groups -OCH3 is 1. The van der Waals surface area contributed by atoms with Crippen LogP contribution in [0, 0.1) is 5.82 Å². The minimum atomic E-state index is -0.258. The lowest BCUT2D eigenvalue weighted by atomic mass is 10.1. The van der Waals surface area contributed by atoms with Crippen LogP contribution in [0.2, 0.25) is 0 Å². The molecule has 2 heterocycles. The van der Waals surface area contributed by atoms with E-state index in [4.69, 9.17) is 4.74 Å². The third kappa shape index (κ3) is 6.69. The first-order chi connectivity index (χ1) is 16.6. The highest BCUT2D eigenvalue weighted by atomic mass is 32.1. The Morgan fingerprint density at radius 1 is 1.00 bits per heavy atom. The number of pyridine rings is 1. The van der Waals surface area contributed by atoms with E-state index < -0.39 is 0 Å². The smallest absolute Gasteiger partial charge is 0.271 e. The van der Waals surface area contributed by atoms with Crippen LogP contribution < -0.4 is 10.1 Å². The molecule has 0 fully saturated rings. The molecule has 0 spiro atoms. The number of nitrogens with one attached hydrogen (secondary N) is 1. The summed E-state index contributed by atoms with van der Waals surface area (Å²) in [6, 6.07) is 20.0. The molecule has 4 rings (SSSR count). The first-order valence-electron chi connectivity index (χ1n) is 10.8. The zero-order valence-electron chi connectivity index (χ0n) is 18.8. The molecule has 0 aliphatic carbocycles. The maximum absolute atomic E-state index is 13.4. The van der Waals surface area contributed by atoms with E-state index in [9.17, 15) is 9.18 Å². The van der Waals surface area contributed by atoms with Crippen LogP contribution in [0.1, 0.15) is 32.3 Å². The lowest BCUT2D eigenvalue weighted by Crippen LogP contribution is -2.24. The molecule has 1 amide bonds. The van der Waals surface area contributed by atoms with E-state index in [1.807, 2.05) is 42.5 Å². The molecule has 2 aromatic heterocycles. The van der Waals surface area contributed by atoms with Crippen LogP contribution >= 0.6 is 11.3 Å². The predicted octanol–water partition coefficient (Wildman–Crippen LogP) is 4.82. The Hall–Kier alpha value is -3.62. The van der Waals surface area contributed by atoms with Gasteiger partial charge >= 0.3 is 0 Å². The third-order valence-electron chi connectivity index (χ3n) is 5.18. The highest BCUT2D eigenvalue weighted by Crippen LogP contribution is 2.19. The van der Waals surface area contributed by atoms with Gasteiger partial charge in [-0.2, -0.15) is 0 Å². The highest BCUT2D eigenvalue weighted by Gasteiger charge is 2.15. The molecule has 4 aromatic rings. The van der Waals surface area contributed by atoms with E-state index in [1.165, 1.54) is 23.5 Å². The molecule has 0 aliphatic rings. The summed E-state index contributed by atoms with van der Waals surface area (Å²) in [4.78, 5) is 23.5. The molecule has 34 heavy (non-hydrogen) atoms. The molecule has 0 atom stereocenters. The number of amides is 1. The van der Waals surface area contributed by atoms with Crippen LogP contribution in [0.5, 0.6) is 5.75 Å². The molecule has 0 bridgehead atoms. The van der Waals surface area contributed by atoms with Crippen molar-refractivity contribution in [2.75, 3.05) is 7.11 Å². The normalized spacial score (nSPS) is 10.9. The molecule has 1 N–H and O–H groups in total. The van der Waals surface area contributed by atoms with Crippen molar-refractivity contribution in [2.45, 2.75) is 26.2 Å². The monoisotopic (exact) mass is 476 g/mol. The van der Waals surface area contributed by atoms with Crippen LogP contribution in [0.3, 0.4) is 0 Å². The topological polar surface area (TPSA) is 67.3 Å². The number of ether oxygens (including phenoxy) is 1. The Kier molecular flexibility index (Phi) is 7.95. The standard InChI is InChI=1S/C26H25FN4O2S/c1-33-23-11-7-20(8-12-23)16-31(15-19-5-9-21(27)10-6-19)17-25-30-24(18-34-25)26(32)29-14-22-4-2-3-13-28-22/h2-13,18H,14-17H2,1H3,(H,29,32). The largest absolute Gasteiger partial charge is 0.497 e. The number of benzene rings is 2. The second kappa shape index (κ2) is 11.5. The molecular weight excluding hydrogens is 451 g/mol. The number of carbonyl (C=O) groups is 1. The van der Waals surface area contributed by atoms with Gasteiger partial charge in [-0.15, -0.1) is 11.3 Å². The van der Waals surface area contributed by atoms with Gasteiger partial charge < -0.3 is 10.1 Å². The zero-order valence-corrected chi connectivity index (χ0v) is 19.6. The highest BCUT2D eigenvalue weighted by molar-refractivity contribution is 7.09. The van der Waals surface area contributed by atoms with E-state index >= 15 is 0 Å². The second-order valence-electron chi connectivity index (χ2n) is 7.75. The third-order valence-corrected chi connectivity index (χ3v) is 6.02. The van der Waals surface area contributed by atoms with Crippen molar-refractivity contribution in [3.63, 3.8) is 0 Å². The zero-order chi connectivity index (χ0) is 23.8. The Morgan fingerprint density at radius 2 is 1.71 bits per heavy atom. The number of hydrogen-bond donors (Lipinski definition) is 1. The average molecular weight is 477 g/mol. The van der Waals surface area contributed by atoms with Gasteiger partial charge in [0.1, 0.15) is 22.3 Å². The van der Waals surface area contributed by atoms with Crippen molar-refractivity contribution in [3.8, 4) is 5.75 Å².